The summed E-state index contributed by atoms with van der Waals surface area (Å²) in [5.74, 6) is 1.26. The van der Waals surface area contributed by atoms with Crippen LogP contribution >= 0.6 is 23.5 Å². The average Bonchev–Trinajstić information content (AvgIpc) is 3.23. The molecule has 0 saturated carbocycles. The van der Waals surface area contributed by atoms with Crippen LogP contribution in [0.4, 0.5) is 4.39 Å². The Bertz CT molecular complexity index is 1020. The largest absolute Gasteiger partial charge is 0.461 e. The molecule has 3 aromatic rings. The molecule has 28 heavy (non-hydrogen) atoms. The maximum Gasteiger partial charge on any atom is 0.256 e. The molecule has 8 heteroatoms. The minimum absolute atomic E-state index is 0.238. The Kier molecular flexibility index (Phi) is 5.41. The van der Waals surface area contributed by atoms with Crippen LogP contribution in [0.15, 0.2) is 50.9 Å². The van der Waals surface area contributed by atoms with Gasteiger partial charge in [0.1, 0.15) is 10.8 Å². The van der Waals surface area contributed by atoms with Gasteiger partial charge in [-0.2, -0.15) is 0 Å². The van der Waals surface area contributed by atoms with E-state index in [1.807, 2.05) is 12.3 Å². The SMILES string of the molecule is CSc1nc(-c2ccco2)nc(C)c1C(=O)N[C@H]1CCSc2c(F)cccc21. The first-order valence-corrected chi connectivity index (χ1v) is 11.0. The summed E-state index contributed by atoms with van der Waals surface area (Å²) in [5, 5.41) is 3.64. The molecule has 1 aliphatic heterocycles. The zero-order chi connectivity index (χ0) is 19.7. The molecular formula is C20H18FN3O2S2. The first-order chi connectivity index (χ1) is 13.6. The average molecular weight is 416 g/mol. The van der Waals surface area contributed by atoms with E-state index in [0.717, 1.165) is 17.7 Å². The third kappa shape index (κ3) is 3.54. The normalized spacial score (nSPS) is 15.9. The molecule has 3 heterocycles. The Morgan fingerprint density at radius 2 is 2.18 bits per heavy atom. The molecule has 1 atom stereocenters. The Hall–Kier alpha value is -2.32. The van der Waals surface area contributed by atoms with Crippen molar-refractivity contribution < 1.29 is 13.6 Å². The number of fused-ring (bicyclic) bond motifs is 1. The summed E-state index contributed by atoms with van der Waals surface area (Å²) in [4.78, 5) is 22.6. The number of thioether (sulfide) groups is 2. The van der Waals surface area contributed by atoms with Crippen LogP contribution in [-0.2, 0) is 0 Å². The standard InChI is InChI=1S/C20H18FN3O2S2/c1-11-16(20(27-2)24-18(22-11)15-7-4-9-26-15)19(25)23-14-8-10-28-17-12(14)5-3-6-13(17)21/h3-7,9,14H,8,10H2,1-2H3,(H,23,25)/t14-/m0/s1. The third-order valence-corrected chi connectivity index (χ3v) is 6.39. The summed E-state index contributed by atoms with van der Waals surface area (Å²) in [5.41, 5.74) is 1.84. The van der Waals surface area contributed by atoms with Crippen molar-refractivity contribution in [2.45, 2.75) is 29.3 Å². The van der Waals surface area contributed by atoms with Crippen molar-refractivity contribution in [2.24, 2.45) is 0 Å². The first kappa shape index (κ1) is 19.0. The van der Waals surface area contributed by atoms with E-state index in [4.69, 9.17) is 4.42 Å². The Balaban J connectivity index is 1.65. The fourth-order valence-electron chi connectivity index (χ4n) is 3.24. The van der Waals surface area contributed by atoms with Gasteiger partial charge in [-0.05, 0) is 43.4 Å². The van der Waals surface area contributed by atoms with Gasteiger partial charge in [0.15, 0.2) is 11.6 Å². The molecule has 0 radical (unpaired) electrons. The lowest BCUT2D eigenvalue weighted by Gasteiger charge is -2.26. The Labute approximate surface area is 170 Å². The lowest BCUT2D eigenvalue weighted by molar-refractivity contribution is 0.0930. The quantitative estimate of drug-likeness (QED) is 0.484. The molecule has 0 bridgehead atoms. The highest BCUT2D eigenvalue weighted by molar-refractivity contribution is 7.99. The highest BCUT2D eigenvalue weighted by atomic mass is 32.2. The number of aromatic nitrogens is 2. The highest BCUT2D eigenvalue weighted by Crippen LogP contribution is 2.38. The number of carbonyl (C=O) groups excluding carboxylic acids is 1. The zero-order valence-corrected chi connectivity index (χ0v) is 17.0. The topological polar surface area (TPSA) is 68.0 Å². The number of nitrogens with zero attached hydrogens (tertiary/aromatic N) is 2. The van der Waals surface area contributed by atoms with Crippen LogP contribution in [0.3, 0.4) is 0 Å². The van der Waals surface area contributed by atoms with Crippen LogP contribution in [-0.4, -0.2) is 27.9 Å². The van der Waals surface area contributed by atoms with Crippen LogP contribution in [0.2, 0.25) is 0 Å². The summed E-state index contributed by atoms with van der Waals surface area (Å²) >= 11 is 2.87. The number of amides is 1. The molecule has 0 saturated heterocycles. The number of hydrogen-bond acceptors (Lipinski definition) is 6. The van der Waals surface area contributed by atoms with Crippen molar-refractivity contribution in [3.05, 3.63) is 59.2 Å². The summed E-state index contributed by atoms with van der Waals surface area (Å²) in [7, 11) is 0. The van der Waals surface area contributed by atoms with Crippen molar-refractivity contribution in [1.82, 2.24) is 15.3 Å². The molecule has 4 rings (SSSR count). The van der Waals surface area contributed by atoms with Crippen molar-refractivity contribution in [3.8, 4) is 11.6 Å². The van der Waals surface area contributed by atoms with Gasteiger partial charge in [0.05, 0.1) is 23.6 Å². The summed E-state index contributed by atoms with van der Waals surface area (Å²) < 4.78 is 19.5. The molecule has 5 nitrogen and oxygen atoms in total. The second-order valence-corrected chi connectivity index (χ2v) is 8.22. The van der Waals surface area contributed by atoms with Gasteiger partial charge in [-0.15, -0.1) is 23.5 Å². The van der Waals surface area contributed by atoms with Crippen molar-refractivity contribution in [3.63, 3.8) is 0 Å². The molecule has 1 aliphatic rings. The van der Waals surface area contributed by atoms with Crippen molar-refractivity contribution in [2.75, 3.05) is 12.0 Å². The number of halogens is 1. The van der Waals surface area contributed by atoms with Crippen LogP contribution in [0.1, 0.15) is 34.1 Å². The zero-order valence-electron chi connectivity index (χ0n) is 15.4. The fourth-order valence-corrected chi connectivity index (χ4v) is 5.00. The second-order valence-electron chi connectivity index (χ2n) is 6.32. The van der Waals surface area contributed by atoms with E-state index in [-0.39, 0.29) is 17.8 Å². The minimum Gasteiger partial charge on any atom is -0.461 e. The minimum atomic E-state index is -0.250. The summed E-state index contributed by atoms with van der Waals surface area (Å²) in [6, 6.07) is 8.31. The van der Waals surface area contributed by atoms with E-state index in [2.05, 4.69) is 15.3 Å². The lowest BCUT2D eigenvalue weighted by atomic mass is 10.0. The van der Waals surface area contributed by atoms with E-state index < -0.39 is 0 Å². The van der Waals surface area contributed by atoms with Gasteiger partial charge >= 0.3 is 0 Å². The van der Waals surface area contributed by atoms with Gasteiger partial charge in [0, 0.05) is 10.6 Å². The molecule has 0 unspecified atom stereocenters. The van der Waals surface area contributed by atoms with Gasteiger partial charge in [-0.1, -0.05) is 12.1 Å². The second kappa shape index (κ2) is 7.97. The molecular weight excluding hydrogens is 397 g/mol. The molecule has 1 aromatic carbocycles. The van der Waals surface area contributed by atoms with E-state index in [0.29, 0.717) is 32.8 Å². The molecule has 0 aliphatic carbocycles. The van der Waals surface area contributed by atoms with Crippen LogP contribution in [0.5, 0.6) is 0 Å². The fraction of sp³-hybridized carbons (Fsp3) is 0.250. The smallest absolute Gasteiger partial charge is 0.256 e. The number of nitrogens with one attached hydrogen (secondary N) is 1. The molecule has 0 spiro atoms. The van der Waals surface area contributed by atoms with Gasteiger partial charge < -0.3 is 9.73 Å². The number of furan rings is 1. The molecule has 1 N–H and O–H groups in total. The summed E-state index contributed by atoms with van der Waals surface area (Å²) in [6.07, 6.45) is 4.17. The molecule has 0 fully saturated rings. The monoisotopic (exact) mass is 415 g/mol. The van der Waals surface area contributed by atoms with Gasteiger partial charge in [-0.25, -0.2) is 14.4 Å². The molecule has 144 valence electrons. The maximum absolute atomic E-state index is 14.1. The third-order valence-electron chi connectivity index (χ3n) is 4.55. The number of benzene rings is 1. The molecule has 2 aromatic heterocycles. The lowest BCUT2D eigenvalue weighted by Crippen LogP contribution is -2.32. The first-order valence-electron chi connectivity index (χ1n) is 8.77. The maximum atomic E-state index is 14.1. The predicted octanol–water partition coefficient (Wildman–Crippen LogP) is 4.87. The van der Waals surface area contributed by atoms with E-state index in [9.17, 15) is 9.18 Å². The van der Waals surface area contributed by atoms with E-state index in [1.165, 1.54) is 29.6 Å². The van der Waals surface area contributed by atoms with Gasteiger partial charge in [-0.3, -0.25) is 4.79 Å². The number of carbonyl (C=O) groups is 1. The van der Waals surface area contributed by atoms with Gasteiger partial charge in [0.2, 0.25) is 0 Å². The van der Waals surface area contributed by atoms with Crippen molar-refractivity contribution >= 4 is 29.4 Å². The van der Waals surface area contributed by atoms with Crippen molar-refractivity contribution in [1.29, 1.82) is 0 Å². The van der Waals surface area contributed by atoms with Crippen LogP contribution in [0, 0.1) is 12.7 Å². The number of aryl methyl sites for hydroxylation is 1. The predicted molar refractivity (Wildman–Crippen MR) is 108 cm³/mol. The Morgan fingerprint density at radius 1 is 1.32 bits per heavy atom. The number of hydrogen-bond donors (Lipinski definition) is 1. The summed E-state index contributed by atoms with van der Waals surface area (Å²) in [6.45, 7) is 1.78. The Morgan fingerprint density at radius 3 is 2.93 bits per heavy atom. The van der Waals surface area contributed by atoms with E-state index >= 15 is 0 Å². The van der Waals surface area contributed by atoms with E-state index in [1.54, 1.807) is 31.4 Å². The molecule has 1 amide bonds. The van der Waals surface area contributed by atoms with Gasteiger partial charge in [0.25, 0.3) is 5.91 Å². The van der Waals surface area contributed by atoms with Crippen LogP contribution in [0.25, 0.3) is 11.6 Å². The number of rotatable bonds is 4. The van der Waals surface area contributed by atoms with Crippen LogP contribution < -0.4 is 5.32 Å². The highest BCUT2D eigenvalue weighted by Gasteiger charge is 2.27.